The minimum atomic E-state index is -0.457. The quantitative estimate of drug-likeness (QED) is 0.213. The van der Waals surface area contributed by atoms with Crippen LogP contribution in [0.2, 0.25) is 0 Å². The van der Waals surface area contributed by atoms with Gasteiger partial charge in [-0.3, -0.25) is 4.79 Å². The molecule has 0 aliphatic heterocycles. The molecule has 0 saturated heterocycles. The monoisotopic (exact) mass is 515 g/mol. The summed E-state index contributed by atoms with van der Waals surface area (Å²) in [4.78, 5) is 16.9. The Hall–Kier alpha value is -4.71. The van der Waals surface area contributed by atoms with E-state index in [9.17, 15) is 4.79 Å². The first-order valence-corrected chi connectivity index (χ1v) is 13.2. The van der Waals surface area contributed by atoms with Crippen molar-refractivity contribution in [3.63, 3.8) is 0 Å². The molecule has 0 unspecified atom stereocenters. The fourth-order valence-electron chi connectivity index (χ4n) is 4.95. The van der Waals surface area contributed by atoms with Crippen molar-refractivity contribution in [1.29, 1.82) is 0 Å². The molecule has 1 saturated carbocycles. The molecule has 0 atom stereocenters. The van der Waals surface area contributed by atoms with Crippen molar-refractivity contribution in [3.8, 4) is 33.6 Å². The molecule has 1 N–H and O–H groups in total. The van der Waals surface area contributed by atoms with E-state index >= 15 is 0 Å². The summed E-state index contributed by atoms with van der Waals surface area (Å²) in [5.41, 5.74) is 7.40. The van der Waals surface area contributed by atoms with Crippen LogP contribution in [-0.4, -0.2) is 22.7 Å². The number of rotatable bonds is 8. The molecule has 2 aromatic heterocycles. The minimum Gasteiger partial charge on any atom is -0.465 e. The largest absolute Gasteiger partial charge is 0.465 e. The summed E-state index contributed by atoms with van der Waals surface area (Å²) in [5, 5.41) is 7.63. The number of anilines is 2. The lowest BCUT2D eigenvalue weighted by Gasteiger charge is -2.14. The van der Waals surface area contributed by atoms with Gasteiger partial charge in [0.2, 0.25) is 0 Å². The average Bonchev–Trinajstić information content (AvgIpc) is 3.73. The number of aryl methyl sites for hydroxylation is 1. The second-order valence-corrected chi connectivity index (χ2v) is 9.85. The molecular formula is C33H29N3O3. The first kappa shape index (κ1) is 24.6. The van der Waals surface area contributed by atoms with Gasteiger partial charge in [-0.2, -0.15) is 0 Å². The highest BCUT2D eigenvalue weighted by atomic mass is 16.5. The summed E-state index contributed by atoms with van der Waals surface area (Å²) in [7, 11) is 0. The number of hydrogen-bond donors (Lipinski definition) is 1. The third-order valence-electron chi connectivity index (χ3n) is 7.32. The third-order valence-corrected chi connectivity index (χ3v) is 7.32. The molecular weight excluding hydrogens is 486 g/mol. The standard InChI is InChI=1S/C33H29N3O3/c1-3-38-32(37)33(18-19-33)28-15-13-25(14-16-28)24-9-11-26(12-10-24)31-30(22(2)36-39-31)35-29-21-27(17-20-34-29)23-7-5-4-6-8-23/h4-17,20-21H,3,18-19H2,1-2H3,(H,34,35). The van der Waals surface area contributed by atoms with E-state index in [-0.39, 0.29) is 5.97 Å². The predicted octanol–water partition coefficient (Wildman–Crippen LogP) is 7.72. The maximum absolute atomic E-state index is 12.4. The van der Waals surface area contributed by atoms with E-state index < -0.39 is 5.41 Å². The lowest BCUT2D eigenvalue weighted by molar-refractivity contribution is -0.146. The topological polar surface area (TPSA) is 77.2 Å². The molecule has 1 fully saturated rings. The van der Waals surface area contributed by atoms with Gasteiger partial charge < -0.3 is 14.6 Å². The molecule has 39 heavy (non-hydrogen) atoms. The highest BCUT2D eigenvalue weighted by Crippen LogP contribution is 2.49. The van der Waals surface area contributed by atoms with Crippen LogP contribution < -0.4 is 5.32 Å². The Balaban J connectivity index is 1.22. The molecule has 3 aromatic carbocycles. The van der Waals surface area contributed by atoms with Gasteiger partial charge >= 0.3 is 5.97 Å². The zero-order valence-electron chi connectivity index (χ0n) is 22.0. The Bertz CT molecular complexity index is 1600. The van der Waals surface area contributed by atoms with E-state index in [0.717, 1.165) is 63.4 Å². The van der Waals surface area contributed by atoms with Crippen molar-refractivity contribution < 1.29 is 14.1 Å². The van der Waals surface area contributed by atoms with Crippen LogP contribution in [-0.2, 0) is 14.9 Å². The molecule has 2 heterocycles. The Labute approximate surface area is 227 Å². The van der Waals surface area contributed by atoms with Crippen molar-refractivity contribution in [2.45, 2.75) is 32.1 Å². The molecule has 6 nitrogen and oxygen atoms in total. The predicted molar refractivity (Wildman–Crippen MR) is 153 cm³/mol. The van der Waals surface area contributed by atoms with E-state index in [2.05, 4.69) is 51.9 Å². The Morgan fingerprint density at radius 1 is 0.872 bits per heavy atom. The summed E-state index contributed by atoms with van der Waals surface area (Å²) < 4.78 is 11.0. The van der Waals surface area contributed by atoms with Crippen LogP contribution in [0, 0.1) is 6.92 Å². The second kappa shape index (κ2) is 10.2. The summed E-state index contributed by atoms with van der Waals surface area (Å²) in [6.45, 7) is 4.17. The molecule has 6 heteroatoms. The van der Waals surface area contributed by atoms with Crippen molar-refractivity contribution in [1.82, 2.24) is 10.1 Å². The molecule has 1 aliphatic rings. The number of carbonyl (C=O) groups excluding carboxylic acids is 1. The first-order chi connectivity index (χ1) is 19.1. The van der Waals surface area contributed by atoms with Gasteiger partial charge in [0.05, 0.1) is 12.0 Å². The average molecular weight is 516 g/mol. The van der Waals surface area contributed by atoms with E-state index in [0.29, 0.717) is 12.4 Å². The van der Waals surface area contributed by atoms with Gasteiger partial charge in [0.1, 0.15) is 17.2 Å². The molecule has 5 aromatic rings. The highest BCUT2D eigenvalue weighted by molar-refractivity contribution is 5.87. The number of carbonyl (C=O) groups is 1. The normalized spacial score (nSPS) is 13.6. The van der Waals surface area contributed by atoms with Crippen LogP contribution >= 0.6 is 0 Å². The van der Waals surface area contributed by atoms with Crippen molar-refractivity contribution in [2.24, 2.45) is 0 Å². The Morgan fingerprint density at radius 2 is 1.51 bits per heavy atom. The summed E-state index contributed by atoms with van der Waals surface area (Å²) in [6.07, 6.45) is 3.49. The number of nitrogens with one attached hydrogen (secondary N) is 1. The summed E-state index contributed by atoms with van der Waals surface area (Å²) in [5.74, 6) is 1.26. The summed E-state index contributed by atoms with van der Waals surface area (Å²) in [6, 6.07) is 30.7. The van der Waals surface area contributed by atoms with Crippen molar-refractivity contribution in [3.05, 3.63) is 108 Å². The lowest BCUT2D eigenvalue weighted by Crippen LogP contribution is -2.23. The highest BCUT2D eigenvalue weighted by Gasteiger charge is 2.52. The van der Waals surface area contributed by atoms with E-state index in [4.69, 9.17) is 9.26 Å². The molecule has 1 aliphatic carbocycles. The molecule has 0 radical (unpaired) electrons. The zero-order valence-corrected chi connectivity index (χ0v) is 22.0. The van der Waals surface area contributed by atoms with Gasteiger partial charge in [-0.1, -0.05) is 84.0 Å². The van der Waals surface area contributed by atoms with Crippen molar-refractivity contribution >= 4 is 17.5 Å². The molecule has 6 rings (SSSR count). The van der Waals surface area contributed by atoms with Gasteiger partial charge in [0.25, 0.3) is 0 Å². The van der Waals surface area contributed by atoms with E-state index in [1.54, 1.807) is 6.20 Å². The number of esters is 1. The van der Waals surface area contributed by atoms with Gasteiger partial charge in [-0.15, -0.1) is 0 Å². The molecule has 194 valence electrons. The number of nitrogens with zero attached hydrogens (tertiary/aromatic N) is 2. The van der Waals surface area contributed by atoms with Crippen LogP contribution in [0.4, 0.5) is 11.5 Å². The van der Waals surface area contributed by atoms with Gasteiger partial charge in [0.15, 0.2) is 5.76 Å². The zero-order chi connectivity index (χ0) is 26.8. The van der Waals surface area contributed by atoms with E-state index in [1.807, 2.05) is 68.4 Å². The SMILES string of the molecule is CCOC(=O)C1(c2ccc(-c3ccc(-c4onc(C)c4Nc4cc(-c5ccccc5)ccn4)cc3)cc2)CC1. The molecule has 0 amide bonds. The fourth-order valence-corrected chi connectivity index (χ4v) is 4.95. The van der Waals surface area contributed by atoms with E-state index in [1.165, 1.54) is 0 Å². The lowest BCUT2D eigenvalue weighted by atomic mass is 9.93. The van der Waals surface area contributed by atoms with Gasteiger partial charge in [-0.05, 0) is 66.6 Å². The Morgan fingerprint density at radius 3 is 2.18 bits per heavy atom. The molecule has 0 spiro atoms. The van der Waals surface area contributed by atoms with Crippen LogP contribution in [0.15, 0.2) is 102 Å². The summed E-state index contributed by atoms with van der Waals surface area (Å²) >= 11 is 0. The Kier molecular flexibility index (Phi) is 6.45. The number of aromatic nitrogens is 2. The van der Waals surface area contributed by atoms with Gasteiger partial charge in [-0.25, -0.2) is 4.98 Å². The second-order valence-electron chi connectivity index (χ2n) is 9.85. The van der Waals surface area contributed by atoms with Crippen LogP contribution in [0.3, 0.4) is 0 Å². The number of hydrogen-bond acceptors (Lipinski definition) is 6. The smallest absolute Gasteiger partial charge is 0.316 e. The van der Waals surface area contributed by atoms with Crippen LogP contribution in [0.25, 0.3) is 33.6 Å². The fraction of sp³-hybridized carbons (Fsp3) is 0.182. The number of benzene rings is 3. The van der Waals surface area contributed by atoms with Crippen molar-refractivity contribution in [2.75, 3.05) is 11.9 Å². The maximum atomic E-state index is 12.4. The maximum Gasteiger partial charge on any atom is 0.316 e. The first-order valence-electron chi connectivity index (χ1n) is 13.2. The minimum absolute atomic E-state index is 0.115. The number of ether oxygens (including phenoxy) is 1. The third kappa shape index (κ3) is 4.81. The number of pyridine rings is 1. The van der Waals surface area contributed by atoms with Crippen LogP contribution in [0.5, 0.6) is 0 Å². The van der Waals surface area contributed by atoms with Crippen LogP contribution in [0.1, 0.15) is 31.0 Å². The van der Waals surface area contributed by atoms with Gasteiger partial charge in [0, 0.05) is 11.8 Å². The molecule has 0 bridgehead atoms.